The fourth-order valence-electron chi connectivity index (χ4n) is 2.42. The molecule has 0 saturated heterocycles. The number of hydrogen-bond donors (Lipinski definition) is 0. The molecule has 2 aromatic rings. The summed E-state index contributed by atoms with van der Waals surface area (Å²) in [5.41, 5.74) is -0.111. The average Bonchev–Trinajstić information content (AvgIpc) is 2.76. The number of carbonyl (C=O) groups is 1. The number of rotatable bonds is 5. The van der Waals surface area contributed by atoms with Gasteiger partial charge in [0.2, 0.25) is 0 Å². The molecule has 1 amide bonds. The van der Waals surface area contributed by atoms with Crippen molar-refractivity contribution in [3.63, 3.8) is 0 Å². The van der Waals surface area contributed by atoms with E-state index in [1.807, 2.05) is 0 Å². The summed E-state index contributed by atoms with van der Waals surface area (Å²) >= 11 is 0. The third kappa shape index (κ3) is 2.58. The van der Waals surface area contributed by atoms with E-state index in [2.05, 4.69) is 0 Å². The SMILES string of the molecule is O=C1c2ccccc2S(=O)(=O)N1CCOc1ccccc1[N+](=O)[O-]. The van der Waals surface area contributed by atoms with Crippen LogP contribution in [0.25, 0.3) is 0 Å². The molecule has 0 fully saturated rings. The summed E-state index contributed by atoms with van der Waals surface area (Å²) in [6.45, 7) is -0.425. The van der Waals surface area contributed by atoms with Crippen LogP contribution >= 0.6 is 0 Å². The standard InChI is InChI=1S/C15H12N2O6S/c18-15-11-5-1-4-8-14(11)24(21,22)16(15)9-10-23-13-7-3-2-6-12(13)17(19)20/h1-8H,9-10H2. The van der Waals surface area contributed by atoms with Crippen molar-refractivity contribution in [2.45, 2.75) is 4.90 Å². The third-order valence-corrected chi connectivity index (χ3v) is 5.37. The Morgan fingerprint density at radius 1 is 1.08 bits per heavy atom. The minimum absolute atomic E-state index is 0.0176. The largest absolute Gasteiger partial charge is 0.485 e. The van der Waals surface area contributed by atoms with Gasteiger partial charge in [0.1, 0.15) is 11.5 Å². The smallest absolute Gasteiger partial charge is 0.310 e. The minimum Gasteiger partial charge on any atom is -0.485 e. The Balaban J connectivity index is 1.75. The number of nitrogens with zero attached hydrogens (tertiary/aromatic N) is 2. The lowest BCUT2D eigenvalue weighted by Gasteiger charge is -2.15. The third-order valence-electron chi connectivity index (χ3n) is 3.53. The molecule has 1 heterocycles. The Labute approximate surface area is 137 Å². The number of sulfonamides is 1. The first-order chi connectivity index (χ1) is 11.4. The Morgan fingerprint density at radius 2 is 1.75 bits per heavy atom. The molecular formula is C15H12N2O6S. The van der Waals surface area contributed by atoms with Gasteiger partial charge >= 0.3 is 5.69 Å². The van der Waals surface area contributed by atoms with Gasteiger partial charge in [-0.1, -0.05) is 24.3 Å². The van der Waals surface area contributed by atoms with Crippen LogP contribution in [0.5, 0.6) is 5.75 Å². The number of amides is 1. The van der Waals surface area contributed by atoms with Crippen LogP contribution in [0.15, 0.2) is 53.4 Å². The topological polar surface area (TPSA) is 107 Å². The zero-order valence-corrected chi connectivity index (χ0v) is 13.1. The van der Waals surface area contributed by atoms with E-state index in [1.165, 1.54) is 36.4 Å². The molecule has 1 aliphatic heterocycles. The van der Waals surface area contributed by atoms with Crippen molar-refractivity contribution in [1.29, 1.82) is 0 Å². The lowest BCUT2D eigenvalue weighted by molar-refractivity contribution is -0.385. The number of nitro benzene ring substituents is 1. The van der Waals surface area contributed by atoms with Crippen LogP contribution in [-0.4, -0.2) is 36.7 Å². The van der Waals surface area contributed by atoms with E-state index < -0.39 is 20.9 Å². The van der Waals surface area contributed by atoms with E-state index in [1.54, 1.807) is 12.1 Å². The van der Waals surface area contributed by atoms with Gasteiger partial charge in [-0.2, -0.15) is 0 Å². The van der Waals surface area contributed by atoms with E-state index in [0.29, 0.717) is 4.31 Å². The van der Waals surface area contributed by atoms with Gasteiger partial charge in [0, 0.05) is 6.07 Å². The van der Waals surface area contributed by atoms with Gasteiger partial charge in [-0.05, 0) is 18.2 Å². The molecule has 0 aromatic heterocycles. The molecule has 1 aliphatic rings. The van der Waals surface area contributed by atoms with Gasteiger partial charge in [0.25, 0.3) is 15.9 Å². The molecule has 0 unspecified atom stereocenters. The number of fused-ring (bicyclic) bond motifs is 1. The quantitative estimate of drug-likeness (QED) is 0.602. The molecule has 8 nitrogen and oxygen atoms in total. The molecular weight excluding hydrogens is 336 g/mol. The number of para-hydroxylation sites is 2. The molecule has 3 rings (SSSR count). The second-order valence-corrected chi connectivity index (χ2v) is 6.78. The number of nitro groups is 1. The lowest BCUT2D eigenvalue weighted by atomic mass is 10.2. The van der Waals surface area contributed by atoms with E-state index >= 15 is 0 Å². The van der Waals surface area contributed by atoms with Crippen LogP contribution in [0.1, 0.15) is 10.4 Å². The van der Waals surface area contributed by atoms with Crippen LogP contribution in [0, 0.1) is 10.1 Å². The van der Waals surface area contributed by atoms with Crippen molar-refractivity contribution in [2.75, 3.05) is 13.2 Å². The zero-order chi connectivity index (χ0) is 17.3. The molecule has 0 N–H and O–H groups in total. The first-order valence-corrected chi connectivity index (χ1v) is 8.39. The van der Waals surface area contributed by atoms with Gasteiger partial charge in [-0.3, -0.25) is 14.9 Å². The summed E-state index contributed by atoms with van der Waals surface area (Å²) < 4.78 is 30.7. The van der Waals surface area contributed by atoms with E-state index in [9.17, 15) is 23.3 Å². The molecule has 0 bridgehead atoms. The van der Waals surface area contributed by atoms with Gasteiger partial charge in [0.15, 0.2) is 5.75 Å². The van der Waals surface area contributed by atoms with Crippen LogP contribution < -0.4 is 4.74 Å². The van der Waals surface area contributed by atoms with Gasteiger partial charge in [-0.15, -0.1) is 0 Å². The van der Waals surface area contributed by atoms with Gasteiger partial charge in [-0.25, -0.2) is 12.7 Å². The van der Waals surface area contributed by atoms with Crippen molar-refractivity contribution in [3.05, 3.63) is 64.2 Å². The number of hydrogen-bond acceptors (Lipinski definition) is 6. The zero-order valence-electron chi connectivity index (χ0n) is 12.3. The van der Waals surface area contributed by atoms with Crippen molar-refractivity contribution in [1.82, 2.24) is 4.31 Å². The second-order valence-electron chi connectivity index (χ2n) is 4.95. The molecule has 0 aliphatic carbocycles. The molecule has 0 atom stereocenters. The Bertz CT molecular complexity index is 925. The highest BCUT2D eigenvalue weighted by atomic mass is 32.2. The van der Waals surface area contributed by atoms with Crippen LogP contribution in [0.2, 0.25) is 0 Å². The molecule has 24 heavy (non-hydrogen) atoms. The van der Waals surface area contributed by atoms with Crippen LogP contribution in [0.4, 0.5) is 5.69 Å². The Hall–Kier alpha value is -2.94. The maximum atomic E-state index is 12.4. The first kappa shape index (κ1) is 15.9. The summed E-state index contributed by atoms with van der Waals surface area (Å²) in [7, 11) is -3.91. The predicted octanol–water partition coefficient (Wildman–Crippen LogP) is 1.82. The van der Waals surface area contributed by atoms with Crippen molar-refractivity contribution in [3.8, 4) is 5.75 Å². The fraction of sp³-hybridized carbons (Fsp3) is 0.133. The second kappa shape index (κ2) is 5.93. The van der Waals surface area contributed by atoms with Crippen LogP contribution in [0.3, 0.4) is 0 Å². The lowest BCUT2D eigenvalue weighted by Crippen LogP contribution is -2.33. The Morgan fingerprint density at radius 3 is 2.46 bits per heavy atom. The van der Waals surface area contributed by atoms with Gasteiger partial charge < -0.3 is 4.74 Å². The monoisotopic (exact) mass is 348 g/mol. The van der Waals surface area contributed by atoms with Crippen molar-refractivity contribution < 1.29 is 22.9 Å². The van der Waals surface area contributed by atoms with E-state index in [4.69, 9.17) is 4.74 Å². The summed E-state index contributed by atoms with van der Waals surface area (Å²) in [5.74, 6) is -0.610. The number of ether oxygens (including phenoxy) is 1. The minimum atomic E-state index is -3.91. The molecule has 0 radical (unpaired) electrons. The molecule has 124 valence electrons. The van der Waals surface area contributed by atoms with E-state index in [0.717, 1.165) is 0 Å². The summed E-state index contributed by atoms with van der Waals surface area (Å²) in [6.07, 6.45) is 0. The molecule has 2 aromatic carbocycles. The van der Waals surface area contributed by atoms with Gasteiger partial charge in [0.05, 0.1) is 17.0 Å². The summed E-state index contributed by atoms with van der Waals surface area (Å²) in [6, 6.07) is 11.7. The highest BCUT2D eigenvalue weighted by molar-refractivity contribution is 7.90. The predicted molar refractivity (Wildman–Crippen MR) is 83.3 cm³/mol. The molecule has 0 saturated carbocycles. The maximum Gasteiger partial charge on any atom is 0.310 e. The molecule has 9 heteroatoms. The maximum absolute atomic E-state index is 12.4. The van der Waals surface area contributed by atoms with Crippen molar-refractivity contribution in [2.24, 2.45) is 0 Å². The normalized spacial score (nSPS) is 15.2. The van der Waals surface area contributed by atoms with Crippen LogP contribution in [-0.2, 0) is 10.0 Å². The summed E-state index contributed by atoms with van der Waals surface area (Å²) in [5, 5.41) is 10.9. The molecule has 0 spiro atoms. The fourth-order valence-corrected chi connectivity index (χ4v) is 3.97. The Kier molecular flexibility index (Phi) is 3.94. The summed E-state index contributed by atoms with van der Waals surface area (Å²) in [4.78, 5) is 22.5. The van der Waals surface area contributed by atoms with Crippen molar-refractivity contribution >= 4 is 21.6 Å². The number of carbonyl (C=O) groups excluding carboxylic acids is 1. The number of benzene rings is 2. The highest BCUT2D eigenvalue weighted by Gasteiger charge is 2.40. The average molecular weight is 348 g/mol. The van der Waals surface area contributed by atoms with E-state index in [-0.39, 0.29) is 35.0 Å². The highest BCUT2D eigenvalue weighted by Crippen LogP contribution is 2.30. The first-order valence-electron chi connectivity index (χ1n) is 6.95.